The number of sulfonamides is 1. The van der Waals surface area contributed by atoms with E-state index in [9.17, 15) is 13.2 Å². The van der Waals surface area contributed by atoms with Gasteiger partial charge in [0.2, 0.25) is 15.9 Å². The zero-order valence-corrected chi connectivity index (χ0v) is 17.6. The Morgan fingerprint density at radius 2 is 1.72 bits per heavy atom. The smallest absolute Gasteiger partial charge is 0.226 e. The Bertz CT molecular complexity index is 975. The van der Waals surface area contributed by atoms with Gasteiger partial charge in [0.25, 0.3) is 0 Å². The lowest BCUT2D eigenvalue weighted by Gasteiger charge is -2.21. The van der Waals surface area contributed by atoms with Gasteiger partial charge in [0, 0.05) is 25.0 Å². The summed E-state index contributed by atoms with van der Waals surface area (Å²) in [6, 6.07) is 18.6. The second-order valence-corrected chi connectivity index (χ2v) is 10.0. The first-order valence-electron chi connectivity index (χ1n) is 10.3. The van der Waals surface area contributed by atoms with Gasteiger partial charge in [-0.15, -0.1) is 0 Å². The summed E-state index contributed by atoms with van der Waals surface area (Å²) in [7, 11) is -3.21. The SMILES string of the molecule is CS(=O)(=O)NC1CCCN(C(=O)C2CC2c2ccccc2-c2ccccc2)CC1. The molecule has 1 aliphatic heterocycles. The molecule has 1 saturated carbocycles. The molecule has 0 bridgehead atoms. The quantitative estimate of drug-likeness (QED) is 0.819. The van der Waals surface area contributed by atoms with Gasteiger partial charge < -0.3 is 4.90 Å². The number of hydrogen-bond acceptors (Lipinski definition) is 3. The van der Waals surface area contributed by atoms with Crippen molar-refractivity contribution in [3.8, 4) is 11.1 Å². The molecule has 5 nitrogen and oxygen atoms in total. The first kappa shape index (κ1) is 20.1. The van der Waals surface area contributed by atoms with Crippen LogP contribution in [0.5, 0.6) is 0 Å². The first-order chi connectivity index (χ1) is 13.9. The number of amides is 1. The third-order valence-corrected chi connectivity index (χ3v) is 6.73. The van der Waals surface area contributed by atoms with Crippen molar-refractivity contribution in [2.24, 2.45) is 5.92 Å². The fourth-order valence-corrected chi connectivity index (χ4v) is 5.33. The van der Waals surface area contributed by atoms with Crippen LogP contribution in [0.2, 0.25) is 0 Å². The molecule has 2 aromatic carbocycles. The van der Waals surface area contributed by atoms with E-state index in [1.165, 1.54) is 22.9 Å². The van der Waals surface area contributed by atoms with Crippen molar-refractivity contribution < 1.29 is 13.2 Å². The summed E-state index contributed by atoms with van der Waals surface area (Å²) in [5, 5.41) is 0. The van der Waals surface area contributed by atoms with Crippen molar-refractivity contribution >= 4 is 15.9 Å². The molecule has 1 aliphatic carbocycles. The van der Waals surface area contributed by atoms with Crippen LogP contribution in [-0.4, -0.2) is 44.6 Å². The van der Waals surface area contributed by atoms with Crippen LogP contribution in [0.1, 0.15) is 37.2 Å². The van der Waals surface area contributed by atoms with E-state index < -0.39 is 10.0 Å². The predicted octanol–water partition coefficient (Wildman–Crippen LogP) is 3.39. The van der Waals surface area contributed by atoms with E-state index in [4.69, 9.17) is 0 Å². The van der Waals surface area contributed by atoms with Crippen molar-refractivity contribution in [2.45, 2.75) is 37.6 Å². The molecular formula is C23H28N2O3S. The minimum atomic E-state index is -3.21. The molecule has 6 heteroatoms. The number of rotatable bonds is 5. The average Bonchev–Trinajstić information content (AvgIpc) is 3.52. The van der Waals surface area contributed by atoms with E-state index in [0.29, 0.717) is 19.5 Å². The average molecular weight is 413 g/mol. The Morgan fingerprint density at radius 1 is 1.00 bits per heavy atom. The number of benzene rings is 2. The number of nitrogens with one attached hydrogen (secondary N) is 1. The predicted molar refractivity (Wildman–Crippen MR) is 115 cm³/mol. The second kappa shape index (κ2) is 8.28. The highest BCUT2D eigenvalue weighted by molar-refractivity contribution is 7.88. The van der Waals surface area contributed by atoms with Gasteiger partial charge in [-0.25, -0.2) is 13.1 Å². The van der Waals surface area contributed by atoms with E-state index in [-0.39, 0.29) is 23.8 Å². The molecule has 2 aromatic rings. The van der Waals surface area contributed by atoms with E-state index in [1.54, 1.807) is 0 Å². The standard InChI is InChI=1S/C23H28N2O3S/c1-29(27,28)24-18-10-7-14-25(15-13-18)23(26)22-16-21(22)20-12-6-5-11-19(20)17-8-3-2-4-9-17/h2-6,8-9,11-12,18,21-22,24H,7,10,13-16H2,1H3. The highest BCUT2D eigenvalue weighted by atomic mass is 32.2. The molecule has 1 amide bonds. The van der Waals surface area contributed by atoms with Gasteiger partial charge >= 0.3 is 0 Å². The normalized spacial score (nSPS) is 24.7. The topological polar surface area (TPSA) is 66.5 Å². The van der Waals surface area contributed by atoms with Crippen LogP contribution in [0.4, 0.5) is 0 Å². The fraction of sp³-hybridized carbons (Fsp3) is 0.435. The molecule has 1 heterocycles. The van der Waals surface area contributed by atoms with Crippen LogP contribution in [0.15, 0.2) is 54.6 Å². The molecule has 2 aliphatic rings. The Hall–Kier alpha value is -2.18. The van der Waals surface area contributed by atoms with Crippen molar-refractivity contribution in [2.75, 3.05) is 19.3 Å². The highest BCUT2D eigenvalue weighted by Crippen LogP contribution is 2.51. The molecule has 1 N–H and O–H groups in total. The summed E-state index contributed by atoms with van der Waals surface area (Å²) in [5.41, 5.74) is 3.65. The van der Waals surface area contributed by atoms with Crippen molar-refractivity contribution in [3.63, 3.8) is 0 Å². The molecule has 0 aromatic heterocycles. The lowest BCUT2D eigenvalue weighted by Crippen LogP contribution is -2.36. The molecule has 154 valence electrons. The summed E-state index contributed by atoms with van der Waals surface area (Å²) < 4.78 is 25.7. The largest absolute Gasteiger partial charge is 0.342 e. The summed E-state index contributed by atoms with van der Waals surface area (Å²) in [6.07, 6.45) is 4.37. The van der Waals surface area contributed by atoms with Crippen LogP contribution in [0, 0.1) is 5.92 Å². The van der Waals surface area contributed by atoms with Crippen LogP contribution >= 0.6 is 0 Å². The maximum atomic E-state index is 13.1. The maximum Gasteiger partial charge on any atom is 0.226 e. The van der Waals surface area contributed by atoms with Crippen molar-refractivity contribution in [1.82, 2.24) is 9.62 Å². The summed E-state index contributed by atoms with van der Waals surface area (Å²) in [6.45, 7) is 1.33. The van der Waals surface area contributed by atoms with Crippen LogP contribution in [0.25, 0.3) is 11.1 Å². The molecule has 3 atom stereocenters. The third-order valence-electron chi connectivity index (χ3n) is 5.97. The van der Waals surface area contributed by atoms with E-state index in [2.05, 4.69) is 41.1 Å². The third kappa shape index (κ3) is 4.87. The number of nitrogens with zero attached hydrogens (tertiary/aromatic N) is 1. The Balaban J connectivity index is 1.43. The second-order valence-electron chi connectivity index (χ2n) is 8.25. The minimum Gasteiger partial charge on any atom is -0.342 e. The van der Waals surface area contributed by atoms with Gasteiger partial charge in [0.15, 0.2) is 0 Å². The molecule has 4 rings (SSSR count). The van der Waals surface area contributed by atoms with Crippen molar-refractivity contribution in [1.29, 1.82) is 0 Å². The molecule has 0 radical (unpaired) electrons. The van der Waals surface area contributed by atoms with Crippen LogP contribution in [-0.2, 0) is 14.8 Å². The lowest BCUT2D eigenvalue weighted by atomic mass is 9.96. The zero-order chi connectivity index (χ0) is 20.4. The Morgan fingerprint density at radius 3 is 2.48 bits per heavy atom. The maximum absolute atomic E-state index is 13.1. The molecule has 3 unspecified atom stereocenters. The van der Waals surface area contributed by atoms with Crippen LogP contribution in [0.3, 0.4) is 0 Å². The fourth-order valence-electron chi connectivity index (χ4n) is 4.48. The summed E-state index contributed by atoms with van der Waals surface area (Å²) >= 11 is 0. The number of carbonyl (C=O) groups is 1. The van der Waals surface area contributed by atoms with Crippen molar-refractivity contribution in [3.05, 3.63) is 60.2 Å². The van der Waals surface area contributed by atoms with E-state index in [0.717, 1.165) is 19.3 Å². The van der Waals surface area contributed by atoms with Gasteiger partial charge in [-0.2, -0.15) is 0 Å². The molecule has 0 spiro atoms. The Labute approximate surface area is 173 Å². The highest BCUT2D eigenvalue weighted by Gasteiger charge is 2.46. The van der Waals surface area contributed by atoms with E-state index in [1.807, 2.05) is 23.1 Å². The van der Waals surface area contributed by atoms with Crippen LogP contribution < -0.4 is 4.72 Å². The van der Waals surface area contributed by atoms with Gasteiger partial charge in [-0.3, -0.25) is 4.79 Å². The number of carbonyl (C=O) groups excluding carboxylic acids is 1. The minimum absolute atomic E-state index is 0.0410. The number of hydrogen-bond donors (Lipinski definition) is 1. The zero-order valence-electron chi connectivity index (χ0n) is 16.8. The summed E-state index contributed by atoms with van der Waals surface area (Å²) in [4.78, 5) is 15.1. The van der Waals surface area contributed by atoms with Gasteiger partial charge in [-0.05, 0) is 48.3 Å². The Kier molecular flexibility index (Phi) is 5.74. The molecule has 2 fully saturated rings. The van der Waals surface area contributed by atoms with Gasteiger partial charge in [0.1, 0.15) is 0 Å². The monoisotopic (exact) mass is 412 g/mol. The van der Waals surface area contributed by atoms with Gasteiger partial charge in [-0.1, -0.05) is 54.6 Å². The lowest BCUT2D eigenvalue weighted by molar-refractivity contribution is -0.132. The molecule has 1 saturated heterocycles. The molecular weight excluding hydrogens is 384 g/mol. The van der Waals surface area contributed by atoms with Gasteiger partial charge in [0.05, 0.1) is 6.26 Å². The summed E-state index contributed by atoms with van der Waals surface area (Å²) in [5.74, 6) is 0.532. The van der Waals surface area contributed by atoms with E-state index >= 15 is 0 Å². The molecule has 29 heavy (non-hydrogen) atoms. The number of likely N-dealkylation sites (tertiary alicyclic amines) is 1. The first-order valence-corrected chi connectivity index (χ1v) is 12.2.